The smallest absolute Gasteiger partial charge is 0.390 e. The van der Waals surface area contributed by atoms with Crippen molar-refractivity contribution in [2.45, 2.75) is 77.1 Å². The van der Waals surface area contributed by atoms with Gasteiger partial charge in [-0.2, -0.15) is 13.2 Å². The van der Waals surface area contributed by atoms with E-state index in [4.69, 9.17) is 4.74 Å². The lowest BCUT2D eigenvalue weighted by molar-refractivity contribution is -0.137. The van der Waals surface area contributed by atoms with Crippen LogP contribution in [0, 0.1) is 16.7 Å². The zero-order valence-corrected chi connectivity index (χ0v) is 20.9. The summed E-state index contributed by atoms with van der Waals surface area (Å²) >= 11 is 0. The van der Waals surface area contributed by atoms with E-state index in [1.54, 1.807) is 7.11 Å². The summed E-state index contributed by atoms with van der Waals surface area (Å²) in [5, 5.41) is 16.8. The number of amides is 2. The lowest BCUT2D eigenvalue weighted by atomic mass is 9.57. The molecule has 2 aliphatic rings. The first-order chi connectivity index (χ1) is 16.2. The Morgan fingerprint density at radius 1 is 1.11 bits per heavy atom. The quantitative estimate of drug-likeness (QED) is 0.466. The molecule has 0 bridgehead atoms. The number of carbonyl (C=O) groups is 2. The Morgan fingerprint density at radius 3 is 2.37 bits per heavy atom. The van der Waals surface area contributed by atoms with Gasteiger partial charge < -0.3 is 20.5 Å². The van der Waals surface area contributed by atoms with E-state index >= 15 is 0 Å². The Bertz CT molecular complexity index is 914. The molecule has 6 nitrogen and oxygen atoms in total. The molecule has 4 atom stereocenters. The van der Waals surface area contributed by atoms with E-state index in [0.717, 1.165) is 12.1 Å². The van der Waals surface area contributed by atoms with Crippen LogP contribution < -0.4 is 10.6 Å². The summed E-state index contributed by atoms with van der Waals surface area (Å²) in [6.45, 7) is 6.91. The summed E-state index contributed by atoms with van der Waals surface area (Å²) in [5.74, 6) is -0.449. The van der Waals surface area contributed by atoms with Gasteiger partial charge in [-0.1, -0.05) is 13.8 Å². The number of carbonyl (C=O) groups excluding carboxylic acids is 2. The second-order valence-electron chi connectivity index (χ2n) is 11.1. The summed E-state index contributed by atoms with van der Waals surface area (Å²) in [7, 11) is 1.56. The lowest BCUT2D eigenvalue weighted by Gasteiger charge is -2.50. The Kier molecular flexibility index (Phi) is 7.91. The van der Waals surface area contributed by atoms with Crippen LogP contribution in [0.4, 0.5) is 13.2 Å². The number of aliphatic hydroxyl groups is 1. The lowest BCUT2D eigenvalue weighted by Crippen LogP contribution is -2.52. The van der Waals surface area contributed by atoms with Gasteiger partial charge in [0.2, 0.25) is 5.91 Å². The Balaban J connectivity index is 1.82. The van der Waals surface area contributed by atoms with Crippen molar-refractivity contribution < 1.29 is 32.6 Å². The van der Waals surface area contributed by atoms with E-state index in [1.165, 1.54) is 12.1 Å². The second kappa shape index (κ2) is 10.1. The van der Waals surface area contributed by atoms with Gasteiger partial charge in [-0.3, -0.25) is 9.59 Å². The fraction of sp³-hybridized carbons (Fsp3) is 0.692. The predicted molar refractivity (Wildman–Crippen MR) is 126 cm³/mol. The molecule has 3 N–H and O–H groups in total. The normalized spacial score (nSPS) is 29.9. The van der Waals surface area contributed by atoms with Gasteiger partial charge in [-0.15, -0.1) is 0 Å². The molecule has 196 valence electrons. The van der Waals surface area contributed by atoms with E-state index in [9.17, 15) is 27.9 Å². The molecule has 0 aliphatic heterocycles. The first-order valence-corrected chi connectivity index (χ1v) is 12.2. The SMILES string of the molecule is COCCNC(=O)CC[C@@]12CC[C@@](C)(O)C[C@H]1C(C)(C)C[C@@H]2NC(=O)c1ccc(C(F)(F)F)cc1. The van der Waals surface area contributed by atoms with Gasteiger partial charge in [0.15, 0.2) is 0 Å². The summed E-state index contributed by atoms with van der Waals surface area (Å²) in [6, 6.07) is 3.94. The summed E-state index contributed by atoms with van der Waals surface area (Å²) in [4.78, 5) is 25.6. The number of nitrogens with one attached hydrogen (secondary N) is 2. The number of ether oxygens (including phenoxy) is 1. The summed E-state index contributed by atoms with van der Waals surface area (Å²) in [5.41, 5.74) is -2.06. The minimum absolute atomic E-state index is 0.0726. The fourth-order valence-electron chi connectivity index (χ4n) is 6.21. The number of rotatable bonds is 8. The molecular weight excluding hydrogens is 461 g/mol. The van der Waals surface area contributed by atoms with Crippen molar-refractivity contribution in [3.8, 4) is 0 Å². The summed E-state index contributed by atoms with van der Waals surface area (Å²) < 4.78 is 43.7. The van der Waals surface area contributed by atoms with Gasteiger partial charge in [-0.25, -0.2) is 0 Å². The third-order valence-electron chi connectivity index (χ3n) is 8.06. The van der Waals surface area contributed by atoms with Crippen molar-refractivity contribution in [3.05, 3.63) is 35.4 Å². The summed E-state index contributed by atoms with van der Waals surface area (Å²) in [6.07, 6.45) is -1.21. The third-order valence-corrected chi connectivity index (χ3v) is 8.06. The molecule has 2 saturated carbocycles. The van der Waals surface area contributed by atoms with Gasteiger partial charge in [0, 0.05) is 31.7 Å². The van der Waals surface area contributed by atoms with Crippen LogP contribution in [0.25, 0.3) is 0 Å². The van der Waals surface area contributed by atoms with Gasteiger partial charge in [0.1, 0.15) is 0 Å². The van der Waals surface area contributed by atoms with E-state index in [2.05, 4.69) is 24.5 Å². The largest absolute Gasteiger partial charge is 0.416 e. The van der Waals surface area contributed by atoms with Gasteiger partial charge in [0.05, 0.1) is 17.8 Å². The second-order valence-corrected chi connectivity index (χ2v) is 11.1. The highest BCUT2D eigenvalue weighted by Crippen LogP contribution is 2.63. The van der Waals surface area contributed by atoms with Crippen LogP contribution in [0.1, 0.15) is 75.2 Å². The molecule has 1 aromatic carbocycles. The van der Waals surface area contributed by atoms with Crippen LogP contribution in [0.3, 0.4) is 0 Å². The number of fused-ring (bicyclic) bond motifs is 1. The number of benzene rings is 1. The maximum atomic E-state index is 13.1. The highest BCUT2D eigenvalue weighted by molar-refractivity contribution is 5.94. The monoisotopic (exact) mass is 498 g/mol. The first kappa shape index (κ1) is 27.5. The Hall–Kier alpha value is -2.13. The molecule has 2 amide bonds. The maximum absolute atomic E-state index is 13.1. The topological polar surface area (TPSA) is 87.7 Å². The zero-order valence-electron chi connectivity index (χ0n) is 20.9. The molecule has 35 heavy (non-hydrogen) atoms. The minimum atomic E-state index is -4.47. The van der Waals surface area contributed by atoms with E-state index in [0.29, 0.717) is 45.3 Å². The standard InChI is InChI=1S/C26H37F3N2O4/c1-23(2)16-20(31-22(33)17-5-7-18(8-6-17)26(27,28)29)25(10-9-21(32)30-13-14-35-4)12-11-24(3,34)15-19(23)25/h5-8,19-20,34H,9-16H2,1-4H3,(H,30,32)(H,31,33)/t19-,20-,24+,25+/m0/s1. The maximum Gasteiger partial charge on any atom is 0.416 e. The minimum Gasteiger partial charge on any atom is -0.390 e. The van der Waals surface area contributed by atoms with Crippen molar-refractivity contribution in [3.63, 3.8) is 0 Å². The van der Waals surface area contributed by atoms with Crippen LogP contribution in [0.15, 0.2) is 24.3 Å². The highest BCUT2D eigenvalue weighted by atomic mass is 19.4. The van der Waals surface area contributed by atoms with Gasteiger partial charge in [-0.05, 0) is 80.0 Å². The molecule has 2 fully saturated rings. The molecule has 3 rings (SSSR count). The molecule has 0 aromatic heterocycles. The third kappa shape index (κ3) is 6.17. The van der Waals surface area contributed by atoms with Crippen LogP contribution in [-0.2, 0) is 15.7 Å². The molecule has 0 heterocycles. The van der Waals surface area contributed by atoms with Crippen molar-refractivity contribution >= 4 is 11.8 Å². The van der Waals surface area contributed by atoms with Crippen LogP contribution in [0.2, 0.25) is 0 Å². The molecule has 9 heteroatoms. The van der Waals surface area contributed by atoms with Gasteiger partial charge >= 0.3 is 6.18 Å². The zero-order chi connectivity index (χ0) is 26.1. The molecule has 0 radical (unpaired) electrons. The molecule has 0 spiro atoms. The molecule has 0 saturated heterocycles. The van der Waals surface area contributed by atoms with Crippen LogP contribution in [-0.4, -0.2) is 48.8 Å². The Morgan fingerprint density at radius 2 is 1.77 bits per heavy atom. The van der Waals surface area contributed by atoms with E-state index in [-0.39, 0.29) is 35.3 Å². The first-order valence-electron chi connectivity index (χ1n) is 12.2. The van der Waals surface area contributed by atoms with Gasteiger partial charge in [0.25, 0.3) is 5.91 Å². The fourth-order valence-corrected chi connectivity index (χ4v) is 6.21. The van der Waals surface area contributed by atoms with Crippen molar-refractivity contribution in [1.29, 1.82) is 0 Å². The van der Waals surface area contributed by atoms with Crippen LogP contribution in [0.5, 0.6) is 0 Å². The van der Waals surface area contributed by atoms with Crippen LogP contribution >= 0.6 is 0 Å². The number of halogens is 3. The number of alkyl halides is 3. The van der Waals surface area contributed by atoms with E-state index < -0.39 is 28.7 Å². The number of hydrogen-bond acceptors (Lipinski definition) is 4. The average molecular weight is 499 g/mol. The molecular formula is C26H37F3N2O4. The van der Waals surface area contributed by atoms with Crippen molar-refractivity contribution in [2.24, 2.45) is 16.7 Å². The average Bonchev–Trinajstić information content (AvgIpc) is 2.97. The Labute approximate surface area is 205 Å². The van der Waals surface area contributed by atoms with E-state index in [1.807, 2.05) is 6.92 Å². The van der Waals surface area contributed by atoms with Crippen molar-refractivity contribution in [1.82, 2.24) is 10.6 Å². The number of methoxy groups -OCH3 is 1. The predicted octanol–water partition coefficient (Wildman–Crippen LogP) is 4.31. The molecule has 0 unspecified atom stereocenters. The molecule has 1 aromatic rings. The number of hydrogen-bond donors (Lipinski definition) is 3. The molecule has 2 aliphatic carbocycles. The highest BCUT2D eigenvalue weighted by Gasteiger charge is 2.61. The van der Waals surface area contributed by atoms with Crippen molar-refractivity contribution in [2.75, 3.05) is 20.3 Å².